The number of ether oxygens (including phenoxy) is 1. The van der Waals surface area contributed by atoms with E-state index < -0.39 is 5.91 Å². The van der Waals surface area contributed by atoms with Gasteiger partial charge in [0.15, 0.2) is 5.65 Å². The number of rotatable bonds is 6. The largest absolute Gasteiger partial charge is 0.494 e. The van der Waals surface area contributed by atoms with E-state index in [1.165, 1.54) is 12.1 Å². The minimum Gasteiger partial charge on any atom is -0.494 e. The molecule has 0 atom stereocenters. The normalized spacial score (nSPS) is 11.1. The molecule has 0 bridgehead atoms. The van der Waals surface area contributed by atoms with Crippen molar-refractivity contribution in [1.82, 2.24) is 14.5 Å². The van der Waals surface area contributed by atoms with Gasteiger partial charge in [0.2, 0.25) is 0 Å². The van der Waals surface area contributed by atoms with Gasteiger partial charge in [-0.3, -0.25) is 4.79 Å². The monoisotopic (exact) mass is 455 g/mol. The number of nitrogens with two attached hydrogens (primary N) is 1. The maximum Gasteiger partial charge on any atom is 0.261 e. The minimum atomic E-state index is -0.394. The van der Waals surface area contributed by atoms with Crippen LogP contribution in [0, 0.1) is 5.82 Å². The second kappa shape index (κ2) is 8.82. The highest BCUT2D eigenvalue weighted by molar-refractivity contribution is 6.16. The van der Waals surface area contributed by atoms with Gasteiger partial charge in [-0.05, 0) is 61.0 Å². The first-order valence-electron chi connectivity index (χ1n) is 10.9. The lowest BCUT2D eigenvalue weighted by molar-refractivity contribution is 0.102. The zero-order valence-corrected chi connectivity index (χ0v) is 18.5. The number of benzene rings is 3. The number of nitrogens with one attached hydrogen (secondary N) is 1. The summed E-state index contributed by atoms with van der Waals surface area (Å²) in [6, 6.07) is 20.6. The fourth-order valence-corrected chi connectivity index (χ4v) is 3.87. The lowest BCUT2D eigenvalue weighted by atomic mass is 10.2. The molecule has 0 saturated heterocycles. The summed E-state index contributed by atoms with van der Waals surface area (Å²) in [4.78, 5) is 22.8. The van der Waals surface area contributed by atoms with Crippen LogP contribution in [0.25, 0.3) is 22.2 Å². The number of hydrogen-bond donors (Lipinski definition) is 2. The van der Waals surface area contributed by atoms with E-state index in [1.54, 1.807) is 41.0 Å². The molecule has 5 rings (SSSR count). The van der Waals surface area contributed by atoms with E-state index >= 15 is 0 Å². The second-order valence-electron chi connectivity index (χ2n) is 7.77. The summed E-state index contributed by atoms with van der Waals surface area (Å²) in [5.74, 6) is 0.232. The molecule has 1 amide bonds. The number of nitrogens with zero attached hydrogens (tertiary/aromatic N) is 3. The second-order valence-corrected chi connectivity index (χ2v) is 7.77. The Bertz CT molecular complexity index is 1490. The van der Waals surface area contributed by atoms with Crippen molar-refractivity contribution in [2.75, 3.05) is 17.7 Å². The highest BCUT2D eigenvalue weighted by atomic mass is 19.1. The van der Waals surface area contributed by atoms with Crippen molar-refractivity contribution >= 4 is 39.6 Å². The lowest BCUT2D eigenvalue weighted by Gasteiger charge is -2.09. The summed E-state index contributed by atoms with van der Waals surface area (Å²) in [5.41, 5.74) is 10.4. The third-order valence-electron chi connectivity index (χ3n) is 5.50. The molecule has 34 heavy (non-hydrogen) atoms. The van der Waals surface area contributed by atoms with Gasteiger partial charge < -0.3 is 20.4 Å². The smallest absolute Gasteiger partial charge is 0.261 e. The van der Waals surface area contributed by atoms with Gasteiger partial charge in [0.25, 0.3) is 5.91 Å². The molecule has 3 aromatic carbocycles. The van der Waals surface area contributed by atoms with E-state index in [0.717, 1.165) is 5.56 Å². The topological polar surface area (TPSA) is 95.1 Å². The van der Waals surface area contributed by atoms with Crippen LogP contribution in [0.4, 0.5) is 15.9 Å². The Morgan fingerprint density at radius 2 is 1.68 bits per heavy atom. The van der Waals surface area contributed by atoms with E-state index in [-0.39, 0.29) is 17.2 Å². The fraction of sp³-hybridized carbons (Fsp3) is 0.115. The molecular formula is C26H22FN5O2. The SMILES string of the molecule is CCOc1ccc(NC(=O)c2c(N)n(Cc3ccc(F)cc3)c3nc4ccccc4nc23)cc1. The molecule has 2 aromatic heterocycles. The van der Waals surface area contributed by atoms with E-state index in [9.17, 15) is 9.18 Å². The predicted octanol–water partition coefficient (Wildman–Crippen LogP) is 5.01. The standard InChI is InChI=1S/C26H22FN5O2/c1-2-34-19-13-11-18(12-14-19)29-26(33)22-23-25(31-21-6-4-3-5-20(21)30-23)32(24(22)28)15-16-7-9-17(27)10-8-16/h3-14H,2,15,28H2,1H3,(H,29,33). The molecule has 0 fully saturated rings. The van der Waals surface area contributed by atoms with Gasteiger partial charge in [-0.15, -0.1) is 0 Å². The van der Waals surface area contributed by atoms with E-state index in [2.05, 4.69) is 5.32 Å². The zero-order valence-electron chi connectivity index (χ0n) is 18.5. The average Bonchev–Trinajstić information content (AvgIpc) is 3.10. The third-order valence-corrected chi connectivity index (χ3v) is 5.50. The van der Waals surface area contributed by atoms with Crippen molar-refractivity contribution < 1.29 is 13.9 Å². The number of nitrogen functional groups attached to an aromatic ring is 1. The molecule has 8 heteroatoms. The van der Waals surface area contributed by atoms with Gasteiger partial charge >= 0.3 is 0 Å². The third kappa shape index (κ3) is 4.01. The minimum absolute atomic E-state index is 0.234. The Balaban J connectivity index is 1.59. The molecule has 0 aliphatic carbocycles. The molecule has 5 aromatic rings. The van der Waals surface area contributed by atoms with Crippen LogP contribution in [0.5, 0.6) is 5.75 Å². The number of carbonyl (C=O) groups excluding carboxylic acids is 1. The van der Waals surface area contributed by atoms with Crippen LogP contribution in [0.2, 0.25) is 0 Å². The molecule has 3 N–H and O–H groups in total. The van der Waals surface area contributed by atoms with Crippen molar-refractivity contribution in [3.63, 3.8) is 0 Å². The maximum atomic E-state index is 13.4. The van der Waals surface area contributed by atoms with Gasteiger partial charge in [-0.25, -0.2) is 14.4 Å². The number of halogens is 1. The highest BCUT2D eigenvalue weighted by Gasteiger charge is 2.24. The Morgan fingerprint density at radius 3 is 2.35 bits per heavy atom. The Morgan fingerprint density at radius 1 is 1.00 bits per heavy atom. The lowest BCUT2D eigenvalue weighted by Crippen LogP contribution is -2.15. The summed E-state index contributed by atoms with van der Waals surface area (Å²) >= 11 is 0. The van der Waals surface area contributed by atoms with Crippen LogP contribution in [0.15, 0.2) is 72.8 Å². The molecule has 0 aliphatic rings. The van der Waals surface area contributed by atoms with Gasteiger partial charge in [-0.2, -0.15) is 0 Å². The van der Waals surface area contributed by atoms with E-state index in [0.29, 0.717) is 46.8 Å². The first-order chi connectivity index (χ1) is 16.5. The van der Waals surface area contributed by atoms with Crippen molar-refractivity contribution in [3.05, 3.63) is 89.7 Å². The maximum absolute atomic E-state index is 13.4. The van der Waals surface area contributed by atoms with Crippen LogP contribution < -0.4 is 15.8 Å². The zero-order chi connectivity index (χ0) is 23.7. The molecule has 0 unspecified atom stereocenters. The summed E-state index contributed by atoms with van der Waals surface area (Å²) in [6.07, 6.45) is 0. The molecule has 170 valence electrons. The molecule has 0 radical (unpaired) electrons. The summed E-state index contributed by atoms with van der Waals surface area (Å²) in [7, 11) is 0. The van der Waals surface area contributed by atoms with Crippen LogP contribution in [0.1, 0.15) is 22.8 Å². The van der Waals surface area contributed by atoms with Crippen LogP contribution in [-0.4, -0.2) is 27.0 Å². The molecule has 7 nitrogen and oxygen atoms in total. The van der Waals surface area contributed by atoms with Crippen molar-refractivity contribution in [3.8, 4) is 5.75 Å². The number of anilines is 2. The Hall–Kier alpha value is -4.46. The quantitative estimate of drug-likeness (QED) is 0.376. The summed E-state index contributed by atoms with van der Waals surface area (Å²) in [6.45, 7) is 2.78. The van der Waals surface area contributed by atoms with E-state index in [1.807, 2.05) is 31.2 Å². The summed E-state index contributed by atoms with van der Waals surface area (Å²) < 4.78 is 20.6. The molecule has 2 heterocycles. The number of hydrogen-bond acceptors (Lipinski definition) is 5. The van der Waals surface area contributed by atoms with Gasteiger partial charge in [0.1, 0.15) is 28.5 Å². The summed E-state index contributed by atoms with van der Waals surface area (Å²) in [5, 5.41) is 2.89. The molecular weight excluding hydrogens is 433 g/mol. The number of amides is 1. The van der Waals surface area contributed by atoms with Crippen molar-refractivity contribution in [2.45, 2.75) is 13.5 Å². The molecule has 0 spiro atoms. The number of fused-ring (bicyclic) bond motifs is 2. The number of aromatic nitrogens is 3. The van der Waals surface area contributed by atoms with E-state index in [4.69, 9.17) is 20.4 Å². The molecule has 0 aliphatic heterocycles. The fourth-order valence-electron chi connectivity index (χ4n) is 3.87. The number of para-hydroxylation sites is 2. The Labute approximate surface area is 195 Å². The van der Waals surface area contributed by atoms with Gasteiger partial charge in [0, 0.05) is 5.69 Å². The predicted molar refractivity (Wildman–Crippen MR) is 131 cm³/mol. The van der Waals surface area contributed by atoms with Crippen LogP contribution in [0.3, 0.4) is 0 Å². The van der Waals surface area contributed by atoms with Crippen molar-refractivity contribution in [1.29, 1.82) is 0 Å². The molecule has 0 saturated carbocycles. The first kappa shape index (κ1) is 21.4. The van der Waals surface area contributed by atoms with Crippen molar-refractivity contribution in [2.24, 2.45) is 0 Å². The number of carbonyl (C=O) groups is 1. The highest BCUT2D eigenvalue weighted by Crippen LogP contribution is 2.30. The Kier molecular flexibility index (Phi) is 5.55. The van der Waals surface area contributed by atoms with Crippen LogP contribution >= 0.6 is 0 Å². The van der Waals surface area contributed by atoms with Crippen LogP contribution in [-0.2, 0) is 6.54 Å². The first-order valence-corrected chi connectivity index (χ1v) is 10.9. The van der Waals surface area contributed by atoms with Gasteiger partial charge in [0.05, 0.1) is 24.2 Å². The van der Waals surface area contributed by atoms with Gasteiger partial charge in [-0.1, -0.05) is 24.3 Å². The average molecular weight is 455 g/mol.